The van der Waals surface area contributed by atoms with Crippen molar-refractivity contribution in [2.75, 3.05) is 11.4 Å². The topological polar surface area (TPSA) is 66.5 Å². The summed E-state index contributed by atoms with van der Waals surface area (Å²) in [7, 11) is -2.37. The summed E-state index contributed by atoms with van der Waals surface area (Å²) in [5, 5.41) is 3.13. The molecule has 4 aromatic rings. The van der Waals surface area contributed by atoms with Crippen LogP contribution in [0.2, 0.25) is 0 Å². The van der Waals surface area contributed by atoms with Gasteiger partial charge in [0.25, 0.3) is 15.9 Å². The molecule has 0 aromatic heterocycles. The average Bonchev–Trinajstić information content (AvgIpc) is 2.88. The standard InChI is InChI=1S/C28H26N2O3S/c1-21-13-9-10-18-24(21)27(22-14-5-3-6-15-22)29-28(31)25-19-11-12-20-26(25)30(2)34(32,33)23-16-7-4-8-17-23/h3-20,27H,1-2H3,(H,29,31)/t27-/m1/s1. The van der Waals surface area contributed by atoms with Gasteiger partial charge in [0.2, 0.25) is 0 Å². The quantitative estimate of drug-likeness (QED) is 0.397. The molecule has 34 heavy (non-hydrogen) atoms. The largest absolute Gasteiger partial charge is 0.341 e. The summed E-state index contributed by atoms with van der Waals surface area (Å²) in [6.07, 6.45) is 0. The van der Waals surface area contributed by atoms with Gasteiger partial charge in [0, 0.05) is 7.05 Å². The van der Waals surface area contributed by atoms with Crippen LogP contribution in [0.1, 0.15) is 33.1 Å². The van der Waals surface area contributed by atoms with Gasteiger partial charge in [0.1, 0.15) is 0 Å². The number of hydrogen-bond acceptors (Lipinski definition) is 3. The minimum Gasteiger partial charge on any atom is -0.341 e. The number of anilines is 1. The van der Waals surface area contributed by atoms with E-state index < -0.39 is 10.0 Å². The zero-order chi connectivity index (χ0) is 24.1. The molecule has 0 saturated heterocycles. The van der Waals surface area contributed by atoms with Gasteiger partial charge >= 0.3 is 0 Å². The number of nitrogens with zero attached hydrogens (tertiary/aromatic N) is 1. The van der Waals surface area contributed by atoms with E-state index in [2.05, 4.69) is 5.32 Å². The van der Waals surface area contributed by atoms with E-state index >= 15 is 0 Å². The number of carbonyl (C=O) groups is 1. The van der Waals surface area contributed by atoms with E-state index in [4.69, 9.17) is 0 Å². The zero-order valence-electron chi connectivity index (χ0n) is 19.0. The molecular weight excluding hydrogens is 444 g/mol. The molecule has 4 aromatic carbocycles. The zero-order valence-corrected chi connectivity index (χ0v) is 19.9. The molecule has 0 aliphatic heterocycles. The summed E-state index contributed by atoms with van der Waals surface area (Å²) in [5.41, 5.74) is 3.55. The third-order valence-electron chi connectivity index (χ3n) is 5.80. The second-order valence-electron chi connectivity index (χ2n) is 7.98. The molecule has 6 heteroatoms. The number of hydrogen-bond donors (Lipinski definition) is 1. The van der Waals surface area contributed by atoms with Crippen molar-refractivity contribution in [2.24, 2.45) is 0 Å². The lowest BCUT2D eigenvalue weighted by Crippen LogP contribution is -2.33. The Morgan fingerprint density at radius 2 is 1.32 bits per heavy atom. The van der Waals surface area contributed by atoms with Crippen molar-refractivity contribution >= 4 is 21.6 Å². The number of aryl methyl sites for hydroxylation is 1. The van der Waals surface area contributed by atoms with E-state index in [0.717, 1.165) is 21.0 Å². The summed E-state index contributed by atoms with van der Waals surface area (Å²) in [6.45, 7) is 2.01. The van der Waals surface area contributed by atoms with Crippen LogP contribution < -0.4 is 9.62 Å². The number of benzene rings is 4. The van der Waals surface area contributed by atoms with Crippen LogP contribution in [0.4, 0.5) is 5.69 Å². The number of carbonyl (C=O) groups excluding carboxylic acids is 1. The van der Waals surface area contributed by atoms with Crippen LogP contribution in [0.15, 0.2) is 114 Å². The van der Waals surface area contributed by atoms with Crippen LogP contribution in [0.25, 0.3) is 0 Å². The van der Waals surface area contributed by atoms with Crippen molar-refractivity contribution in [1.29, 1.82) is 0 Å². The smallest absolute Gasteiger partial charge is 0.264 e. The molecule has 0 saturated carbocycles. The van der Waals surface area contributed by atoms with Gasteiger partial charge in [-0.3, -0.25) is 9.10 Å². The molecule has 0 bridgehead atoms. The van der Waals surface area contributed by atoms with Gasteiger partial charge in [-0.15, -0.1) is 0 Å². The first-order valence-corrected chi connectivity index (χ1v) is 12.4. The highest BCUT2D eigenvalue weighted by Gasteiger charge is 2.26. The average molecular weight is 471 g/mol. The Bertz CT molecular complexity index is 1390. The lowest BCUT2D eigenvalue weighted by molar-refractivity contribution is 0.0943. The Kier molecular flexibility index (Phi) is 6.80. The highest BCUT2D eigenvalue weighted by Crippen LogP contribution is 2.29. The number of para-hydroxylation sites is 1. The molecular formula is C28H26N2O3S. The van der Waals surface area contributed by atoms with Gasteiger partial charge in [-0.2, -0.15) is 0 Å². The summed E-state index contributed by atoms with van der Waals surface area (Å²) < 4.78 is 27.6. The molecule has 0 fully saturated rings. The fraction of sp³-hybridized carbons (Fsp3) is 0.107. The van der Waals surface area contributed by atoms with E-state index in [0.29, 0.717) is 5.69 Å². The van der Waals surface area contributed by atoms with Crippen molar-refractivity contribution in [3.8, 4) is 0 Å². The maximum Gasteiger partial charge on any atom is 0.264 e. The van der Waals surface area contributed by atoms with Gasteiger partial charge in [-0.1, -0.05) is 84.9 Å². The third-order valence-corrected chi connectivity index (χ3v) is 7.58. The summed E-state index contributed by atoms with van der Waals surface area (Å²) >= 11 is 0. The Morgan fingerprint density at radius 1 is 0.765 bits per heavy atom. The van der Waals surface area contributed by atoms with Crippen molar-refractivity contribution in [2.45, 2.75) is 17.9 Å². The number of rotatable bonds is 7. The molecule has 1 N–H and O–H groups in total. The molecule has 5 nitrogen and oxygen atoms in total. The first-order chi connectivity index (χ1) is 16.4. The summed E-state index contributed by atoms with van der Waals surface area (Å²) in [4.78, 5) is 13.7. The van der Waals surface area contributed by atoms with Crippen molar-refractivity contribution < 1.29 is 13.2 Å². The first kappa shape index (κ1) is 23.3. The molecule has 0 heterocycles. The van der Waals surface area contributed by atoms with Crippen LogP contribution in [-0.4, -0.2) is 21.4 Å². The predicted molar refractivity (Wildman–Crippen MR) is 135 cm³/mol. The van der Waals surface area contributed by atoms with Crippen molar-refractivity contribution in [3.63, 3.8) is 0 Å². The fourth-order valence-corrected chi connectivity index (χ4v) is 5.16. The number of nitrogens with one attached hydrogen (secondary N) is 1. The first-order valence-electron chi connectivity index (χ1n) is 10.9. The van der Waals surface area contributed by atoms with Gasteiger partial charge in [-0.25, -0.2) is 8.42 Å². The van der Waals surface area contributed by atoms with E-state index in [1.165, 1.54) is 19.2 Å². The van der Waals surface area contributed by atoms with Crippen molar-refractivity contribution in [3.05, 3.63) is 131 Å². The van der Waals surface area contributed by atoms with Gasteiger partial charge < -0.3 is 5.32 Å². The molecule has 0 spiro atoms. The highest BCUT2D eigenvalue weighted by atomic mass is 32.2. The Hall–Kier alpha value is -3.90. The van der Waals surface area contributed by atoms with Crippen LogP contribution in [0.5, 0.6) is 0 Å². The Labute approximate surface area is 200 Å². The Morgan fingerprint density at radius 3 is 2.00 bits per heavy atom. The van der Waals surface area contributed by atoms with Crippen LogP contribution in [-0.2, 0) is 10.0 Å². The normalized spacial score (nSPS) is 12.1. The summed E-state index contributed by atoms with van der Waals surface area (Å²) in [6, 6.07) is 32.2. The monoisotopic (exact) mass is 470 g/mol. The second-order valence-corrected chi connectivity index (χ2v) is 9.95. The highest BCUT2D eigenvalue weighted by molar-refractivity contribution is 7.92. The molecule has 0 unspecified atom stereocenters. The predicted octanol–water partition coefficient (Wildman–Crippen LogP) is 5.34. The maximum absolute atomic E-state index is 13.6. The molecule has 0 aliphatic carbocycles. The van der Waals surface area contributed by atoms with E-state index in [-0.39, 0.29) is 22.4 Å². The van der Waals surface area contributed by atoms with Crippen LogP contribution >= 0.6 is 0 Å². The molecule has 1 amide bonds. The van der Waals surface area contributed by atoms with E-state index in [9.17, 15) is 13.2 Å². The molecule has 0 radical (unpaired) electrons. The third kappa shape index (κ3) is 4.72. The lowest BCUT2D eigenvalue weighted by atomic mass is 9.94. The van der Waals surface area contributed by atoms with Gasteiger partial charge in [0.05, 0.1) is 22.2 Å². The van der Waals surface area contributed by atoms with E-state index in [1.54, 1.807) is 42.5 Å². The van der Waals surface area contributed by atoms with Crippen molar-refractivity contribution in [1.82, 2.24) is 5.32 Å². The van der Waals surface area contributed by atoms with Gasteiger partial charge in [0.15, 0.2) is 0 Å². The molecule has 1 atom stereocenters. The maximum atomic E-state index is 13.6. The van der Waals surface area contributed by atoms with Crippen LogP contribution in [0.3, 0.4) is 0 Å². The van der Waals surface area contributed by atoms with Gasteiger partial charge in [-0.05, 0) is 47.9 Å². The Balaban J connectivity index is 1.72. The number of sulfonamides is 1. The second kappa shape index (κ2) is 9.93. The minimum absolute atomic E-state index is 0.162. The molecule has 0 aliphatic rings. The lowest BCUT2D eigenvalue weighted by Gasteiger charge is -2.25. The van der Waals surface area contributed by atoms with Crippen LogP contribution in [0, 0.1) is 6.92 Å². The van der Waals surface area contributed by atoms with E-state index in [1.807, 2.05) is 61.5 Å². The minimum atomic E-state index is -3.83. The molecule has 172 valence electrons. The SMILES string of the molecule is Cc1ccccc1[C@H](NC(=O)c1ccccc1N(C)S(=O)(=O)c1ccccc1)c1ccccc1. The number of amides is 1. The molecule has 4 rings (SSSR count). The fourth-order valence-electron chi connectivity index (χ4n) is 3.93. The summed E-state index contributed by atoms with van der Waals surface area (Å²) in [5.74, 6) is -0.359.